The lowest BCUT2D eigenvalue weighted by Crippen LogP contribution is -1.99. The zero-order valence-corrected chi connectivity index (χ0v) is 11.0. The molecule has 0 N–H and O–H groups in total. The Morgan fingerprint density at radius 1 is 1.22 bits per heavy atom. The highest BCUT2D eigenvalue weighted by Crippen LogP contribution is 2.18. The van der Waals surface area contributed by atoms with Crippen molar-refractivity contribution in [3.05, 3.63) is 59.2 Å². The number of halogens is 1. The maximum atomic E-state index is 5.47. The first-order valence-corrected chi connectivity index (χ1v) is 6.28. The molecule has 0 radical (unpaired) electrons. The molecule has 0 atom stereocenters. The van der Waals surface area contributed by atoms with Gasteiger partial charge in [0.15, 0.2) is 0 Å². The summed E-state index contributed by atoms with van der Waals surface area (Å²) in [5.74, 6) is 0.636. The number of hydrogen-bond donors (Lipinski definition) is 0. The second kappa shape index (κ2) is 4.78. The van der Waals surface area contributed by atoms with E-state index >= 15 is 0 Å². The normalized spacial score (nSPS) is 10.7. The van der Waals surface area contributed by atoms with Crippen molar-refractivity contribution < 1.29 is 4.42 Å². The molecule has 0 aliphatic rings. The van der Waals surface area contributed by atoms with Gasteiger partial charge in [0.1, 0.15) is 12.0 Å². The number of benzene rings is 1. The highest BCUT2D eigenvalue weighted by Gasteiger charge is 2.07. The van der Waals surface area contributed by atoms with Crippen LogP contribution in [0.25, 0.3) is 11.5 Å². The van der Waals surface area contributed by atoms with Crippen molar-refractivity contribution in [3.63, 3.8) is 0 Å². The number of rotatable bonds is 3. The van der Waals surface area contributed by atoms with Crippen LogP contribution in [0.2, 0.25) is 0 Å². The Labute approximate surface area is 112 Å². The largest absolute Gasteiger partial charge is 0.444 e. The van der Waals surface area contributed by atoms with E-state index < -0.39 is 0 Å². The lowest BCUT2D eigenvalue weighted by atomic mass is 10.2. The van der Waals surface area contributed by atoms with E-state index in [0.29, 0.717) is 12.4 Å². The van der Waals surface area contributed by atoms with Crippen LogP contribution in [0.3, 0.4) is 0 Å². The predicted octanol–water partition coefficient (Wildman–Crippen LogP) is 3.35. The Morgan fingerprint density at radius 2 is 2.06 bits per heavy atom. The fourth-order valence-corrected chi connectivity index (χ4v) is 2.01. The molecule has 1 aromatic carbocycles. The predicted molar refractivity (Wildman–Crippen MR) is 71.0 cm³/mol. The van der Waals surface area contributed by atoms with Crippen LogP contribution in [0.4, 0.5) is 0 Å². The van der Waals surface area contributed by atoms with Crippen molar-refractivity contribution in [3.8, 4) is 11.5 Å². The average Bonchev–Trinajstić information content (AvgIpc) is 3.01. The number of oxazole rings is 1. The van der Waals surface area contributed by atoms with Crippen molar-refractivity contribution in [2.24, 2.45) is 0 Å². The first kappa shape index (κ1) is 11.2. The molecule has 3 aromatic rings. The Morgan fingerprint density at radius 3 is 2.78 bits per heavy atom. The molecule has 0 amide bonds. The molecular weight excluding hydrogens is 294 g/mol. The second-order valence-corrected chi connectivity index (χ2v) is 4.78. The van der Waals surface area contributed by atoms with E-state index in [0.717, 1.165) is 15.7 Å². The molecule has 0 unspecified atom stereocenters. The smallest absolute Gasteiger partial charge is 0.226 e. The van der Waals surface area contributed by atoms with Gasteiger partial charge in [-0.05, 0) is 28.1 Å². The highest BCUT2D eigenvalue weighted by atomic mass is 79.9. The van der Waals surface area contributed by atoms with Crippen molar-refractivity contribution in [1.29, 1.82) is 0 Å². The van der Waals surface area contributed by atoms with Gasteiger partial charge in [-0.25, -0.2) is 4.98 Å². The van der Waals surface area contributed by atoms with Gasteiger partial charge in [0.05, 0.1) is 17.2 Å². The van der Waals surface area contributed by atoms with Gasteiger partial charge in [0.2, 0.25) is 5.89 Å². The van der Waals surface area contributed by atoms with Crippen LogP contribution in [0.15, 0.2) is 57.9 Å². The Balaban J connectivity index is 1.82. The van der Waals surface area contributed by atoms with E-state index in [9.17, 15) is 0 Å². The average molecular weight is 304 g/mol. The lowest BCUT2D eigenvalue weighted by Gasteiger charge is -1.95. The monoisotopic (exact) mass is 303 g/mol. The number of aromatic nitrogens is 3. The second-order valence-electron chi connectivity index (χ2n) is 3.87. The molecule has 0 aliphatic carbocycles. The summed E-state index contributed by atoms with van der Waals surface area (Å²) in [7, 11) is 0. The Kier molecular flexibility index (Phi) is 2.98. The van der Waals surface area contributed by atoms with Crippen molar-refractivity contribution >= 4 is 15.9 Å². The van der Waals surface area contributed by atoms with Gasteiger partial charge >= 0.3 is 0 Å². The van der Waals surface area contributed by atoms with Gasteiger partial charge in [-0.15, -0.1) is 0 Å². The number of hydrogen-bond acceptors (Lipinski definition) is 3. The topological polar surface area (TPSA) is 43.9 Å². The molecule has 18 heavy (non-hydrogen) atoms. The number of nitrogens with zero attached hydrogens (tertiary/aromatic N) is 3. The fourth-order valence-electron chi connectivity index (χ4n) is 1.68. The first-order valence-electron chi connectivity index (χ1n) is 5.49. The SMILES string of the molecule is Brc1cnn(Cc2coc(-c3ccccc3)n2)c1. The standard InChI is InChI=1S/C13H10BrN3O/c14-11-6-15-17(7-11)8-12-9-18-13(16-12)10-4-2-1-3-5-10/h1-7,9H,8H2. The summed E-state index contributed by atoms with van der Waals surface area (Å²) < 4.78 is 8.22. The van der Waals surface area contributed by atoms with Crippen molar-refractivity contribution in [1.82, 2.24) is 14.8 Å². The third-order valence-corrected chi connectivity index (χ3v) is 2.91. The molecule has 90 valence electrons. The van der Waals surface area contributed by atoms with Gasteiger partial charge in [-0.3, -0.25) is 4.68 Å². The van der Waals surface area contributed by atoms with Gasteiger partial charge in [0.25, 0.3) is 0 Å². The summed E-state index contributed by atoms with van der Waals surface area (Å²) >= 11 is 3.36. The summed E-state index contributed by atoms with van der Waals surface area (Å²) in [5, 5.41) is 4.18. The zero-order valence-electron chi connectivity index (χ0n) is 9.45. The molecule has 0 aliphatic heterocycles. The van der Waals surface area contributed by atoms with E-state index in [2.05, 4.69) is 26.0 Å². The molecule has 2 aromatic heterocycles. The van der Waals surface area contributed by atoms with E-state index in [-0.39, 0.29) is 0 Å². The fraction of sp³-hybridized carbons (Fsp3) is 0.0769. The summed E-state index contributed by atoms with van der Waals surface area (Å²) in [5.41, 5.74) is 1.83. The summed E-state index contributed by atoms with van der Waals surface area (Å²) in [6.45, 7) is 0.599. The lowest BCUT2D eigenvalue weighted by molar-refractivity contribution is 0.569. The van der Waals surface area contributed by atoms with Crippen LogP contribution in [-0.2, 0) is 6.54 Å². The van der Waals surface area contributed by atoms with Gasteiger partial charge in [-0.2, -0.15) is 5.10 Å². The molecule has 0 saturated heterocycles. The molecule has 2 heterocycles. The summed E-state index contributed by atoms with van der Waals surface area (Å²) in [4.78, 5) is 4.44. The van der Waals surface area contributed by atoms with Crippen LogP contribution in [-0.4, -0.2) is 14.8 Å². The van der Waals surface area contributed by atoms with Gasteiger partial charge < -0.3 is 4.42 Å². The minimum absolute atomic E-state index is 0.599. The van der Waals surface area contributed by atoms with E-state index in [4.69, 9.17) is 4.42 Å². The van der Waals surface area contributed by atoms with Crippen LogP contribution >= 0.6 is 15.9 Å². The molecule has 5 heteroatoms. The maximum absolute atomic E-state index is 5.47. The minimum Gasteiger partial charge on any atom is -0.444 e. The summed E-state index contributed by atoms with van der Waals surface area (Å²) in [6.07, 6.45) is 5.31. The Bertz CT molecular complexity index is 645. The zero-order chi connectivity index (χ0) is 12.4. The van der Waals surface area contributed by atoms with Crippen LogP contribution in [0, 0.1) is 0 Å². The van der Waals surface area contributed by atoms with Crippen LogP contribution < -0.4 is 0 Å². The Hall–Kier alpha value is -1.88. The highest BCUT2D eigenvalue weighted by molar-refractivity contribution is 9.10. The third-order valence-electron chi connectivity index (χ3n) is 2.50. The quantitative estimate of drug-likeness (QED) is 0.745. The molecule has 4 nitrogen and oxygen atoms in total. The van der Waals surface area contributed by atoms with E-state index in [1.165, 1.54) is 0 Å². The minimum atomic E-state index is 0.599. The molecule has 0 saturated carbocycles. The molecule has 0 fully saturated rings. The third kappa shape index (κ3) is 2.36. The van der Waals surface area contributed by atoms with E-state index in [1.807, 2.05) is 36.5 Å². The van der Waals surface area contributed by atoms with Gasteiger partial charge in [-0.1, -0.05) is 18.2 Å². The van der Waals surface area contributed by atoms with Gasteiger partial charge in [0, 0.05) is 11.8 Å². The van der Waals surface area contributed by atoms with Crippen molar-refractivity contribution in [2.75, 3.05) is 0 Å². The van der Waals surface area contributed by atoms with Crippen LogP contribution in [0.5, 0.6) is 0 Å². The summed E-state index contributed by atoms with van der Waals surface area (Å²) in [6, 6.07) is 9.84. The van der Waals surface area contributed by atoms with Crippen molar-refractivity contribution in [2.45, 2.75) is 6.54 Å². The maximum Gasteiger partial charge on any atom is 0.226 e. The molecule has 0 spiro atoms. The molecule has 3 rings (SSSR count). The first-order chi connectivity index (χ1) is 8.81. The van der Waals surface area contributed by atoms with Crippen LogP contribution in [0.1, 0.15) is 5.69 Å². The van der Waals surface area contributed by atoms with E-state index in [1.54, 1.807) is 17.1 Å². The molecular formula is C13H10BrN3O. The molecule has 0 bridgehead atoms.